The fourth-order valence-electron chi connectivity index (χ4n) is 1.56. The molecule has 3 N–H and O–H groups in total. The van der Waals surface area contributed by atoms with Crippen molar-refractivity contribution in [3.8, 4) is 0 Å². The van der Waals surface area contributed by atoms with Crippen LogP contribution in [0.3, 0.4) is 0 Å². The van der Waals surface area contributed by atoms with Crippen molar-refractivity contribution in [2.75, 3.05) is 5.32 Å². The zero-order valence-electron chi connectivity index (χ0n) is 9.46. The van der Waals surface area contributed by atoms with Crippen molar-refractivity contribution in [1.82, 2.24) is 0 Å². The van der Waals surface area contributed by atoms with Crippen LogP contribution in [0.15, 0.2) is 23.6 Å². The lowest BCUT2D eigenvalue weighted by Gasteiger charge is -2.07. The number of rotatable bonds is 3. The second-order valence-corrected chi connectivity index (χ2v) is 5.86. The van der Waals surface area contributed by atoms with Crippen LogP contribution < -0.4 is 11.1 Å². The zero-order valence-corrected chi connectivity index (χ0v) is 12.4. The molecule has 1 heterocycles. The number of hydrogen-bond acceptors (Lipinski definition) is 3. The predicted molar refractivity (Wildman–Crippen MR) is 80.0 cm³/mol. The molecule has 0 radical (unpaired) electrons. The summed E-state index contributed by atoms with van der Waals surface area (Å²) in [4.78, 5) is 11.3. The Labute approximate surface area is 121 Å². The van der Waals surface area contributed by atoms with Crippen molar-refractivity contribution in [3.63, 3.8) is 0 Å². The van der Waals surface area contributed by atoms with E-state index in [1.165, 1.54) is 17.4 Å². The Bertz CT molecular complexity index is 612. The summed E-state index contributed by atoms with van der Waals surface area (Å²) in [5.41, 5.74) is 6.85. The fraction of sp³-hybridized carbons (Fsp3) is 0.0833. The van der Waals surface area contributed by atoms with Gasteiger partial charge in [-0.1, -0.05) is 0 Å². The molecule has 0 aliphatic carbocycles. The Morgan fingerprint density at radius 2 is 2.22 bits per heavy atom. The largest absolute Gasteiger partial charge is 0.365 e. The van der Waals surface area contributed by atoms with Crippen LogP contribution in [0.5, 0.6) is 0 Å². The van der Waals surface area contributed by atoms with E-state index in [0.717, 1.165) is 9.13 Å². The molecule has 0 atom stereocenters. The van der Waals surface area contributed by atoms with Gasteiger partial charge in [0.15, 0.2) is 0 Å². The molecule has 0 saturated heterocycles. The van der Waals surface area contributed by atoms with Gasteiger partial charge in [0.2, 0.25) is 0 Å². The topological polar surface area (TPSA) is 55.1 Å². The van der Waals surface area contributed by atoms with Crippen molar-refractivity contribution >= 4 is 50.5 Å². The van der Waals surface area contributed by atoms with Gasteiger partial charge in [0.1, 0.15) is 10.8 Å². The normalized spacial score (nSPS) is 10.4. The summed E-state index contributed by atoms with van der Waals surface area (Å²) in [7, 11) is 0. The number of carbonyl (C=O) groups excluding carboxylic acids is 1. The number of hydrogen-bond donors (Lipinski definition) is 2. The Morgan fingerprint density at radius 3 is 2.83 bits per heavy atom. The second kappa shape index (κ2) is 5.23. The summed E-state index contributed by atoms with van der Waals surface area (Å²) in [5.74, 6) is -0.870. The highest BCUT2D eigenvalue weighted by molar-refractivity contribution is 14.1. The maximum Gasteiger partial charge on any atom is 0.251 e. The first-order valence-electron chi connectivity index (χ1n) is 5.09. The Kier molecular flexibility index (Phi) is 3.86. The molecule has 18 heavy (non-hydrogen) atoms. The molecule has 0 bridgehead atoms. The molecule has 0 saturated carbocycles. The summed E-state index contributed by atoms with van der Waals surface area (Å²) >= 11 is 3.37. The molecule has 3 nitrogen and oxygen atoms in total. The van der Waals surface area contributed by atoms with E-state index >= 15 is 0 Å². The van der Waals surface area contributed by atoms with Crippen LogP contribution >= 0.6 is 33.9 Å². The van der Waals surface area contributed by atoms with Crippen LogP contribution in [0, 0.1) is 16.3 Å². The maximum absolute atomic E-state index is 13.7. The molecule has 1 aromatic heterocycles. The van der Waals surface area contributed by atoms with Gasteiger partial charge in [-0.25, -0.2) is 4.39 Å². The number of nitrogens with one attached hydrogen (secondary N) is 1. The lowest BCUT2D eigenvalue weighted by atomic mass is 10.2. The number of aryl methyl sites for hydroxylation is 1. The van der Waals surface area contributed by atoms with E-state index in [9.17, 15) is 9.18 Å². The second-order valence-electron chi connectivity index (χ2n) is 3.74. The van der Waals surface area contributed by atoms with E-state index in [2.05, 4.69) is 5.32 Å². The van der Waals surface area contributed by atoms with E-state index in [4.69, 9.17) is 5.73 Å². The van der Waals surface area contributed by atoms with Crippen LogP contribution in [-0.4, -0.2) is 5.91 Å². The van der Waals surface area contributed by atoms with Gasteiger partial charge < -0.3 is 11.1 Å². The van der Waals surface area contributed by atoms with Crippen molar-refractivity contribution in [2.24, 2.45) is 5.73 Å². The van der Waals surface area contributed by atoms with Gasteiger partial charge in [-0.2, -0.15) is 0 Å². The average Bonchev–Trinajstić information content (AvgIpc) is 2.64. The summed E-state index contributed by atoms with van der Waals surface area (Å²) < 4.78 is 14.5. The van der Waals surface area contributed by atoms with Gasteiger partial charge in [0.05, 0.1) is 11.3 Å². The molecule has 0 unspecified atom stereocenters. The van der Waals surface area contributed by atoms with Crippen LogP contribution in [0.4, 0.5) is 15.1 Å². The molecular formula is C12H10FIN2OS. The third-order valence-corrected chi connectivity index (χ3v) is 4.08. The molecule has 0 spiro atoms. The molecular weight excluding hydrogens is 366 g/mol. The van der Waals surface area contributed by atoms with Crippen LogP contribution in [0.1, 0.15) is 15.9 Å². The molecule has 0 fully saturated rings. The predicted octanol–water partition coefficient (Wildman–Crippen LogP) is 3.64. The van der Waals surface area contributed by atoms with Crippen LogP contribution in [-0.2, 0) is 0 Å². The molecule has 1 aromatic carbocycles. The summed E-state index contributed by atoms with van der Waals surface area (Å²) in [6, 6.07) is 4.85. The SMILES string of the molecule is Cc1csc(Nc2ccc(I)cc2F)c1C(N)=O. The molecule has 94 valence electrons. The summed E-state index contributed by atoms with van der Waals surface area (Å²) in [5, 5.41) is 5.29. The van der Waals surface area contributed by atoms with Crippen molar-refractivity contribution in [1.29, 1.82) is 0 Å². The van der Waals surface area contributed by atoms with Gasteiger partial charge in [-0.15, -0.1) is 11.3 Å². The Hall–Kier alpha value is -1.15. The third kappa shape index (κ3) is 2.64. The van der Waals surface area contributed by atoms with Crippen molar-refractivity contribution in [3.05, 3.63) is 44.1 Å². The van der Waals surface area contributed by atoms with Crippen LogP contribution in [0.25, 0.3) is 0 Å². The molecule has 0 aliphatic heterocycles. The molecule has 1 amide bonds. The van der Waals surface area contributed by atoms with Crippen molar-refractivity contribution in [2.45, 2.75) is 6.92 Å². The first kappa shape index (κ1) is 13.3. The Balaban J connectivity index is 2.37. The number of halogens is 2. The van der Waals surface area contributed by atoms with E-state index in [-0.39, 0.29) is 5.82 Å². The number of benzene rings is 1. The number of thiophene rings is 1. The lowest BCUT2D eigenvalue weighted by Crippen LogP contribution is -2.13. The van der Waals surface area contributed by atoms with Gasteiger partial charge in [0, 0.05) is 3.57 Å². The monoisotopic (exact) mass is 376 g/mol. The van der Waals surface area contributed by atoms with Crippen molar-refractivity contribution < 1.29 is 9.18 Å². The third-order valence-electron chi connectivity index (χ3n) is 2.40. The van der Waals surface area contributed by atoms with Gasteiger partial charge in [-0.05, 0) is 58.7 Å². The van der Waals surface area contributed by atoms with E-state index in [1.807, 2.05) is 28.0 Å². The summed E-state index contributed by atoms with van der Waals surface area (Å²) in [6.07, 6.45) is 0. The minimum Gasteiger partial charge on any atom is -0.365 e. The van der Waals surface area contributed by atoms with E-state index in [1.54, 1.807) is 19.1 Å². The lowest BCUT2D eigenvalue weighted by molar-refractivity contribution is 0.100. The van der Waals surface area contributed by atoms with Gasteiger partial charge in [0.25, 0.3) is 5.91 Å². The Morgan fingerprint density at radius 1 is 1.50 bits per heavy atom. The molecule has 0 aliphatic rings. The van der Waals surface area contributed by atoms with E-state index in [0.29, 0.717) is 16.3 Å². The van der Waals surface area contributed by atoms with E-state index < -0.39 is 5.91 Å². The number of anilines is 2. The average molecular weight is 376 g/mol. The highest BCUT2D eigenvalue weighted by atomic mass is 127. The first-order valence-corrected chi connectivity index (χ1v) is 7.05. The molecule has 6 heteroatoms. The number of amides is 1. The number of carbonyl (C=O) groups is 1. The van der Waals surface area contributed by atoms with Gasteiger partial charge >= 0.3 is 0 Å². The first-order chi connectivity index (χ1) is 8.49. The standard InChI is InChI=1S/C12H10FIN2OS/c1-6-5-18-12(10(6)11(15)17)16-9-3-2-7(14)4-8(9)13/h2-5,16H,1H3,(H2,15,17). The van der Waals surface area contributed by atoms with Crippen LogP contribution in [0.2, 0.25) is 0 Å². The highest BCUT2D eigenvalue weighted by Crippen LogP contribution is 2.31. The minimum absolute atomic E-state index is 0.333. The molecule has 2 aromatic rings. The minimum atomic E-state index is -0.512. The fourth-order valence-corrected chi connectivity index (χ4v) is 2.97. The molecule has 2 rings (SSSR count). The van der Waals surface area contributed by atoms with Gasteiger partial charge in [-0.3, -0.25) is 4.79 Å². The highest BCUT2D eigenvalue weighted by Gasteiger charge is 2.15. The number of primary amides is 1. The number of nitrogens with two attached hydrogens (primary N) is 1. The summed E-state index contributed by atoms with van der Waals surface area (Å²) in [6.45, 7) is 1.80. The maximum atomic E-state index is 13.7. The zero-order chi connectivity index (χ0) is 13.3. The smallest absolute Gasteiger partial charge is 0.251 e. The quantitative estimate of drug-likeness (QED) is 0.804.